The maximum absolute atomic E-state index is 10.7. The molecule has 7 heteroatoms. The molecule has 2 rings (SSSR count). The van der Waals surface area contributed by atoms with E-state index in [1.807, 2.05) is 30.4 Å². The maximum Gasteiger partial charge on any atom is 0.341 e. The van der Waals surface area contributed by atoms with E-state index in [9.17, 15) is 4.79 Å². The molecular formula is C20H22O7. The largest absolute Gasteiger partial charge is 0.493 e. The van der Waals surface area contributed by atoms with Gasteiger partial charge in [0, 0.05) is 0 Å². The summed E-state index contributed by atoms with van der Waals surface area (Å²) in [6.45, 7) is -0.448. The van der Waals surface area contributed by atoms with E-state index in [4.69, 9.17) is 28.8 Å². The van der Waals surface area contributed by atoms with Gasteiger partial charge in [0.15, 0.2) is 29.6 Å². The molecule has 0 heterocycles. The van der Waals surface area contributed by atoms with E-state index in [2.05, 4.69) is 0 Å². The summed E-state index contributed by atoms with van der Waals surface area (Å²) in [5, 5.41) is 8.79. The Balaban J connectivity index is 2.32. The second-order valence-corrected chi connectivity index (χ2v) is 5.38. The Labute approximate surface area is 157 Å². The van der Waals surface area contributed by atoms with Crippen molar-refractivity contribution in [2.75, 3.05) is 35.0 Å². The Morgan fingerprint density at radius 3 is 1.89 bits per heavy atom. The van der Waals surface area contributed by atoms with Gasteiger partial charge in [0.2, 0.25) is 5.75 Å². The Morgan fingerprint density at radius 1 is 0.815 bits per heavy atom. The van der Waals surface area contributed by atoms with Gasteiger partial charge < -0.3 is 28.8 Å². The summed E-state index contributed by atoms with van der Waals surface area (Å²) in [6, 6.07) is 8.90. The molecule has 0 aromatic heterocycles. The van der Waals surface area contributed by atoms with Crippen LogP contribution in [0.25, 0.3) is 12.2 Å². The molecule has 0 aliphatic carbocycles. The van der Waals surface area contributed by atoms with Crippen LogP contribution in [0.1, 0.15) is 11.1 Å². The number of hydrogen-bond acceptors (Lipinski definition) is 6. The van der Waals surface area contributed by atoms with Crippen molar-refractivity contribution in [2.45, 2.75) is 0 Å². The third-order valence-corrected chi connectivity index (χ3v) is 3.69. The Bertz CT molecular complexity index is 802. The average Bonchev–Trinajstić information content (AvgIpc) is 2.69. The van der Waals surface area contributed by atoms with Crippen molar-refractivity contribution in [3.05, 3.63) is 41.5 Å². The molecule has 2 aromatic rings. The minimum Gasteiger partial charge on any atom is -0.493 e. The predicted molar refractivity (Wildman–Crippen MR) is 101 cm³/mol. The molecule has 0 saturated carbocycles. The topological polar surface area (TPSA) is 83.5 Å². The normalized spacial score (nSPS) is 10.5. The number of aliphatic carboxylic acids is 1. The minimum absolute atomic E-state index is 0.354. The van der Waals surface area contributed by atoms with Crippen LogP contribution < -0.4 is 23.7 Å². The molecule has 0 aliphatic rings. The second-order valence-electron chi connectivity index (χ2n) is 5.38. The molecule has 1 N–H and O–H groups in total. The van der Waals surface area contributed by atoms with Crippen molar-refractivity contribution < 1.29 is 33.6 Å². The Kier molecular flexibility index (Phi) is 6.93. The molecule has 0 aliphatic heterocycles. The molecule has 0 unspecified atom stereocenters. The highest BCUT2D eigenvalue weighted by Crippen LogP contribution is 2.38. The van der Waals surface area contributed by atoms with Crippen molar-refractivity contribution in [1.29, 1.82) is 0 Å². The van der Waals surface area contributed by atoms with Crippen LogP contribution in [0.15, 0.2) is 30.3 Å². The van der Waals surface area contributed by atoms with E-state index in [1.54, 1.807) is 33.5 Å². The highest BCUT2D eigenvalue weighted by Gasteiger charge is 2.12. The van der Waals surface area contributed by atoms with Crippen LogP contribution in [-0.2, 0) is 4.79 Å². The molecule has 2 aromatic carbocycles. The van der Waals surface area contributed by atoms with E-state index >= 15 is 0 Å². The van der Waals surface area contributed by atoms with Gasteiger partial charge in [-0.1, -0.05) is 18.2 Å². The van der Waals surface area contributed by atoms with Crippen LogP contribution in [0.2, 0.25) is 0 Å². The number of hydrogen-bond donors (Lipinski definition) is 1. The zero-order chi connectivity index (χ0) is 19.8. The van der Waals surface area contributed by atoms with Crippen molar-refractivity contribution in [3.8, 4) is 28.7 Å². The molecule has 0 spiro atoms. The van der Waals surface area contributed by atoms with Crippen LogP contribution in [0.3, 0.4) is 0 Å². The number of rotatable bonds is 9. The molecule has 0 bridgehead atoms. The predicted octanol–water partition coefficient (Wildman–Crippen LogP) is 3.35. The zero-order valence-electron chi connectivity index (χ0n) is 15.6. The molecule has 144 valence electrons. The van der Waals surface area contributed by atoms with Crippen molar-refractivity contribution in [3.63, 3.8) is 0 Å². The molecule has 0 radical (unpaired) electrons. The van der Waals surface area contributed by atoms with Crippen LogP contribution in [0, 0.1) is 0 Å². The summed E-state index contributed by atoms with van der Waals surface area (Å²) < 4.78 is 26.5. The first kappa shape index (κ1) is 20.0. The molecule has 27 heavy (non-hydrogen) atoms. The van der Waals surface area contributed by atoms with Gasteiger partial charge in [-0.25, -0.2) is 4.79 Å². The summed E-state index contributed by atoms with van der Waals surface area (Å²) in [7, 11) is 6.15. The molecule has 7 nitrogen and oxygen atoms in total. The first-order chi connectivity index (χ1) is 13.0. The summed E-state index contributed by atoms with van der Waals surface area (Å²) >= 11 is 0. The number of methoxy groups -OCH3 is 4. The number of ether oxygens (including phenoxy) is 5. The van der Waals surface area contributed by atoms with Crippen molar-refractivity contribution in [1.82, 2.24) is 0 Å². The van der Waals surface area contributed by atoms with E-state index in [-0.39, 0.29) is 0 Å². The fraction of sp³-hybridized carbons (Fsp3) is 0.250. The van der Waals surface area contributed by atoms with Crippen LogP contribution in [0.5, 0.6) is 28.7 Å². The lowest BCUT2D eigenvalue weighted by Crippen LogP contribution is -2.10. The van der Waals surface area contributed by atoms with Crippen molar-refractivity contribution in [2.24, 2.45) is 0 Å². The van der Waals surface area contributed by atoms with Crippen LogP contribution in [-0.4, -0.2) is 46.1 Å². The van der Waals surface area contributed by atoms with E-state index in [0.29, 0.717) is 28.7 Å². The minimum atomic E-state index is -1.06. The molecule has 0 saturated heterocycles. The van der Waals surface area contributed by atoms with Gasteiger partial charge >= 0.3 is 5.97 Å². The molecule has 0 amide bonds. The monoisotopic (exact) mass is 374 g/mol. The number of benzene rings is 2. The lowest BCUT2D eigenvalue weighted by molar-refractivity contribution is -0.139. The fourth-order valence-electron chi connectivity index (χ4n) is 2.44. The summed E-state index contributed by atoms with van der Waals surface area (Å²) in [5.74, 6) is 1.38. The standard InChI is InChI=1S/C20H22O7/c1-23-15-8-7-13(9-16(15)27-12-19(21)22)5-6-14-10-17(24-2)20(26-4)18(11-14)25-3/h5-11H,12H2,1-4H3,(H,21,22)/b6-5+. The smallest absolute Gasteiger partial charge is 0.341 e. The quantitative estimate of drug-likeness (QED) is 0.674. The van der Waals surface area contributed by atoms with Gasteiger partial charge in [0.05, 0.1) is 28.4 Å². The molecule has 0 fully saturated rings. The number of carboxylic acids is 1. The number of carbonyl (C=O) groups is 1. The SMILES string of the molecule is COc1ccc(/C=C/c2cc(OC)c(OC)c(OC)c2)cc1OCC(=O)O. The Morgan fingerprint density at radius 2 is 1.37 bits per heavy atom. The van der Waals surface area contributed by atoms with E-state index < -0.39 is 12.6 Å². The zero-order valence-corrected chi connectivity index (χ0v) is 15.6. The van der Waals surface area contributed by atoms with Gasteiger partial charge in [-0.3, -0.25) is 0 Å². The third-order valence-electron chi connectivity index (χ3n) is 3.69. The first-order valence-electron chi connectivity index (χ1n) is 8.03. The highest BCUT2D eigenvalue weighted by atomic mass is 16.5. The summed E-state index contributed by atoms with van der Waals surface area (Å²) in [5.41, 5.74) is 1.65. The average molecular weight is 374 g/mol. The van der Waals surface area contributed by atoms with Gasteiger partial charge in [0.1, 0.15) is 0 Å². The second kappa shape index (κ2) is 9.38. The fourth-order valence-corrected chi connectivity index (χ4v) is 2.44. The van der Waals surface area contributed by atoms with Gasteiger partial charge in [0.25, 0.3) is 0 Å². The van der Waals surface area contributed by atoms with Gasteiger partial charge in [-0.15, -0.1) is 0 Å². The Hall–Kier alpha value is -3.35. The van der Waals surface area contributed by atoms with E-state index in [1.165, 1.54) is 7.11 Å². The van der Waals surface area contributed by atoms with Gasteiger partial charge in [-0.2, -0.15) is 0 Å². The van der Waals surface area contributed by atoms with E-state index in [0.717, 1.165) is 11.1 Å². The van der Waals surface area contributed by atoms with Crippen LogP contribution >= 0.6 is 0 Å². The first-order valence-corrected chi connectivity index (χ1v) is 8.03. The van der Waals surface area contributed by atoms with Crippen LogP contribution in [0.4, 0.5) is 0 Å². The highest BCUT2D eigenvalue weighted by molar-refractivity contribution is 5.74. The third kappa shape index (κ3) is 5.07. The lowest BCUT2D eigenvalue weighted by atomic mass is 10.1. The summed E-state index contributed by atoms with van der Waals surface area (Å²) in [4.78, 5) is 10.7. The van der Waals surface area contributed by atoms with Gasteiger partial charge in [-0.05, 0) is 35.4 Å². The molecule has 0 atom stereocenters. The number of carboxylic acid groups (broad SMARTS) is 1. The lowest BCUT2D eigenvalue weighted by Gasteiger charge is -2.13. The molecular weight excluding hydrogens is 352 g/mol. The maximum atomic E-state index is 10.7. The summed E-state index contributed by atoms with van der Waals surface area (Å²) in [6.07, 6.45) is 3.72. The van der Waals surface area contributed by atoms with Crippen molar-refractivity contribution >= 4 is 18.1 Å².